The van der Waals surface area contributed by atoms with Gasteiger partial charge in [0.25, 0.3) is 0 Å². The summed E-state index contributed by atoms with van der Waals surface area (Å²) in [5.41, 5.74) is 0. The first-order valence-corrected chi connectivity index (χ1v) is 7.24. The van der Waals surface area contributed by atoms with E-state index in [0.717, 1.165) is 6.42 Å². The summed E-state index contributed by atoms with van der Waals surface area (Å²) < 4.78 is 0. The molecule has 0 aliphatic rings. The summed E-state index contributed by atoms with van der Waals surface area (Å²) in [6, 6.07) is 0. The minimum absolute atomic E-state index is 0.592. The Morgan fingerprint density at radius 1 is 0.947 bits per heavy atom. The van der Waals surface area contributed by atoms with Gasteiger partial charge in [-0.1, -0.05) is 57.4 Å². The molecular weight excluding hydrogens is 236 g/mol. The quantitative estimate of drug-likeness (QED) is 0.401. The Bertz CT molecular complexity index is 349. The Labute approximate surface area is 117 Å². The smallest absolute Gasteiger partial charge is 0.134 e. The molecule has 0 aromatic rings. The van der Waals surface area contributed by atoms with Crippen molar-refractivity contribution in [1.29, 1.82) is 0 Å². The average molecular weight is 262 g/mol. The molecule has 0 fully saturated rings. The SMILES string of the molecule is CCCCCCC/C=C\[C@H](O)C#CC#C[C@H](O)CC. The van der Waals surface area contributed by atoms with Gasteiger partial charge in [-0.15, -0.1) is 0 Å². The van der Waals surface area contributed by atoms with E-state index in [9.17, 15) is 5.11 Å². The van der Waals surface area contributed by atoms with Gasteiger partial charge in [-0.25, -0.2) is 0 Å². The van der Waals surface area contributed by atoms with Crippen molar-refractivity contribution in [3.05, 3.63) is 12.2 Å². The molecule has 0 spiro atoms. The van der Waals surface area contributed by atoms with Crippen LogP contribution in [0, 0.1) is 23.7 Å². The van der Waals surface area contributed by atoms with Crippen molar-refractivity contribution < 1.29 is 10.2 Å². The molecule has 0 radical (unpaired) electrons. The van der Waals surface area contributed by atoms with Gasteiger partial charge in [0, 0.05) is 0 Å². The van der Waals surface area contributed by atoms with Crippen LogP contribution in [0.2, 0.25) is 0 Å². The van der Waals surface area contributed by atoms with Gasteiger partial charge in [-0.2, -0.15) is 0 Å². The summed E-state index contributed by atoms with van der Waals surface area (Å²) >= 11 is 0. The van der Waals surface area contributed by atoms with E-state index in [0.29, 0.717) is 6.42 Å². The first-order valence-electron chi connectivity index (χ1n) is 7.24. The molecule has 0 aliphatic heterocycles. The highest BCUT2D eigenvalue weighted by molar-refractivity contribution is 5.29. The number of rotatable bonds is 8. The highest BCUT2D eigenvalue weighted by Crippen LogP contribution is 2.05. The van der Waals surface area contributed by atoms with Crippen LogP contribution in [0.5, 0.6) is 0 Å². The van der Waals surface area contributed by atoms with Crippen molar-refractivity contribution in [2.24, 2.45) is 0 Å². The molecule has 0 bridgehead atoms. The Hall–Kier alpha value is -1.22. The second kappa shape index (κ2) is 13.2. The summed E-state index contributed by atoms with van der Waals surface area (Å²) in [5, 5.41) is 18.7. The molecule has 0 aliphatic carbocycles. The van der Waals surface area contributed by atoms with Crippen LogP contribution in [-0.2, 0) is 0 Å². The van der Waals surface area contributed by atoms with Crippen LogP contribution in [0.4, 0.5) is 0 Å². The lowest BCUT2D eigenvalue weighted by molar-refractivity contribution is 0.228. The van der Waals surface area contributed by atoms with E-state index < -0.39 is 12.2 Å². The van der Waals surface area contributed by atoms with Gasteiger partial charge < -0.3 is 10.2 Å². The van der Waals surface area contributed by atoms with Crippen molar-refractivity contribution in [3.63, 3.8) is 0 Å². The minimum atomic E-state index is -0.760. The van der Waals surface area contributed by atoms with Gasteiger partial charge in [-0.05, 0) is 37.2 Å². The van der Waals surface area contributed by atoms with Gasteiger partial charge in [-0.3, -0.25) is 0 Å². The molecule has 0 heterocycles. The van der Waals surface area contributed by atoms with E-state index in [2.05, 4.69) is 30.6 Å². The lowest BCUT2D eigenvalue weighted by atomic mass is 10.1. The maximum Gasteiger partial charge on any atom is 0.134 e. The maximum absolute atomic E-state index is 9.52. The Morgan fingerprint density at radius 2 is 1.63 bits per heavy atom. The third-order valence-corrected chi connectivity index (χ3v) is 2.70. The molecule has 0 amide bonds. The van der Waals surface area contributed by atoms with Gasteiger partial charge in [0.05, 0.1) is 0 Å². The zero-order chi connectivity index (χ0) is 14.3. The van der Waals surface area contributed by atoms with Crippen LogP contribution in [0.25, 0.3) is 0 Å². The molecular formula is C17H26O2. The van der Waals surface area contributed by atoms with Gasteiger partial charge in [0.1, 0.15) is 12.2 Å². The summed E-state index contributed by atoms with van der Waals surface area (Å²) in [6.07, 6.45) is 10.1. The lowest BCUT2D eigenvalue weighted by Crippen LogP contribution is -1.99. The molecule has 0 rings (SSSR count). The number of hydrogen-bond acceptors (Lipinski definition) is 2. The molecule has 2 N–H and O–H groups in total. The summed E-state index contributed by atoms with van der Waals surface area (Å²) in [7, 11) is 0. The fraction of sp³-hybridized carbons (Fsp3) is 0.647. The van der Waals surface area contributed by atoms with E-state index in [1.165, 1.54) is 32.1 Å². The molecule has 2 nitrogen and oxygen atoms in total. The fourth-order valence-electron chi connectivity index (χ4n) is 1.47. The number of allylic oxidation sites excluding steroid dienone is 1. The van der Waals surface area contributed by atoms with E-state index in [1.54, 1.807) is 6.08 Å². The van der Waals surface area contributed by atoms with Crippen LogP contribution < -0.4 is 0 Å². The van der Waals surface area contributed by atoms with Gasteiger partial charge in [0.15, 0.2) is 0 Å². The monoisotopic (exact) mass is 262 g/mol. The zero-order valence-corrected chi connectivity index (χ0v) is 12.2. The topological polar surface area (TPSA) is 40.5 Å². The fourth-order valence-corrected chi connectivity index (χ4v) is 1.47. The molecule has 0 aromatic carbocycles. The zero-order valence-electron chi connectivity index (χ0n) is 12.2. The average Bonchev–Trinajstić information content (AvgIpc) is 2.42. The second-order valence-corrected chi connectivity index (χ2v) is 4.54. The molecule has 2 atom stereocenters. The third kappa shape index (κ3) is 13.0. The van der Waals surface area contributed by atoms with Crippen molar-refractivity contribution >= 4 is 0 Å². The van der Waals surface area contributed by atoms with Crippen LogP contribution in [0.15, 0.2) is 12.2 Å². The highest BCUT2D eigenvalue weighted by atomic mass is 16.3. The maximum atomic E-state index is 9.52. The van der Waals surface area contributed by atoms with Crippen LogP contribution in [0.1, 0.15) is 58.8 Å². The van der Waals surface area contributed by atoms with Gasteiger partial charge >= 0.3 is 0 Å². The molecule has 0 unspecified atom stereocenters. The predicted octanol–water partition coefficient (Wildman–Crippen LogP) is 3.04. The van der Waals surface area contributed by atoms with E-state index in [1.807, 2.05) is 13.0 Å². The molecule has 19 heavy (non-hydrogen) atoms. The molecule has 2 heteroatoms. The minimum Gasteiger partial charge on any atom is -0.380 e. The first-order chi connectivity index (χ1) is 9.20. The molecule has 0 saturated carbocycles. The van der Waals surface area contributed by atoms with Crippen molar-refractivity contribution in [3.8, 4) is 23.7 Å². The standard InChI is InChI=1S/C17H26O2/c1-3-5-6-7-8-9-10-14-17(19)15-12-11-13-16(18)4-2/h10,14,16-19H,3-9H2,1-2H3/b14-10-/t16-,17+/m1/s1. The van der Waals surface area contributed by atoms with E-state index in [4.69, 9.17) is 5.11 Å². The van der Waals surface area contributed by atoms with Crippen molar-refractivity contribution in [2.75, 3.05) is 0 Å². The normalized spacial score (nSPS) is 13.3. The largest absolute Gasteiger partial charge is 0.380 e. The van der Waals surface area contributed by atoms with E-state index in [-0.39, 0.29) is 0 Å². The molecule has 0 aromatic heterocycles. The summed E-state index contributed by atoms with van der Waals surface area (Å²) in [4.78, 5) is 0. The Morgan fingerprint density at radius 3 is 2.32 bits per heavy atom. The van der Waals surface area contributed by atoms with Crippen LogP contribution in [0.3, 0.4) is 0 Å². The van der Waals surface area contributed by atoms with E-state index >= 15 is 0 Å². The number of aliphatic hydroxyl groups excluding tert-OH is 2. The first kappa shape index (κ1) is 17.8. The van der Waals surface area contributed by atoms with Crippen molar-refractivity contribution in [1.82, 2.24) is 0 Å². The summed E-state index contributed by atoms with van der Waals surface area (Å²) in [6.45, 7) is 4.06. The Kier molecular flexibility index (Phi) is 12.4. The number of aliphatic hydroxyl groups is 2. The van der Waals surface area contributed by atoms with Gasteiger partial charge in [0.2, 0.25) is 0 Å². The number of unbranched alkanes of at least 4 members (excludes halogenated alkanes) is 5. The second-order valence-electron chi connectivity index (χ2n) is 4.54. The van der Waals surface area contributed by atoms with Crippen LogP contribution in [-0.4, -0.2) is 22.4 Å². The summed E-state index contributed by atoms with van der Waals surface area (Å²) in [5.74, 6) is 10.3. The molecule has 0 saturated heterocycles. The third-order valence-electron chi connectivity index (χ3n) is 2.70. The number of hydrogen-bond donors (Lipinski definition) is 2. The Balaban J connectivity index is 3.75. The lowest BCUT2D eigenvalue weighted by Gasteiger charge is -1.97. The molecule has 106 valence electrons. The van der Waals surface area contributed by atoms with Crippen molar-refractivity contribution in [2.45, 2.75) is 71.0 Å². The van der Waals surface area contributed by atoms with Crippen LogP contribution >= 0.6 is 0 Å². The predicted molar refractivity (Wildman–Crippen MR) is 80.4 cm³/mol. The highest BCUT2D eigenvalue weighted by Gasteiger charge is 1.91.